The highest BCUT2D eigenvalue weighted by atomic mass is 19.2. The van der Waals surface area contributed by atoms with Crippen molar-refractivity contribution in [2.75, 3.05) is 13.2 Å². The third-order valence-electron chi connectivity index (χ3n) is 5.68. The minimum absolute atomic E-state index is 0.0100. The van der Waals surface area contributed by atoms with Crippen molar-refractivity contribution in [2.24, 2.45) is 5.92 Å². The minimum Gasteiger partial charge on any atom is -0.351 e. The molecular weight excluding hydrogens is 330 g/mol. The summed E-state index contributed by atoms with van der Waals surface area (Å²) in [6.07, 6.45) is 0.751. The first-order chi connectivity index (χ1) is 11.8. The summed E-state index contributed by atoms with van der Waals surface area (Å²) in [7, 11) is 0. The first-order valence-corrected chi connectivity index (χ1v) is 8.57. The van der Waals surface area contributed by atoms with E-state index in [-0.39, 0.29) is 35.9 Å². The van der Waals surface area contributed by atoms with Gasteiger partial charge in [0.25, 0.3) is 5.91 Å². The van der Waals surface area contributed by atoms with Crippen LogP contribution in [0.2, 0.25) is 0 Å². The van der Waals surface area contributed by atoms with Crippen LogP contribution >= 0.6 is 0 Å². The Hall–Kier alpha value is -2.02. The molecule has 3 aliphatic heterocycles. The molecule has 1 spiro atoms. The van der Waals surface area contributed by atoms with Crippen molar-refractivity contribution in [2.45, 2.75) is 44.5 Å². The van der Waals surface area contributed by atoms with Gasteiger partial charge in [-0.15, -0.1) is 0 Å². The molecule has 1 aromatic carbocycles. The predicted octanol–water partition coefficient (Wildman–Crippen LogP) is 2.16. The molecule has 3 saturated heterocycles. The Labute approximate surface area is 144 Å². The van der Waals surface area contributed by atoms with Gasteiger partial charge in [0.05, 0.1) is 25.1 Å². The number of benzene rings is 1. The lowest BCUT2D eigenvalue weighted by molar-refractivity contribution is -0.139. The molecule has 0 radical (unpaired) electrons. The normalized spacial score (nSPS) is 31.0. The van der Waals surface area contributed by atoms with Gasteiger partial charge in [-0.1, -0.05) is 13.8 Å². The Kier molecular flexibility index (Phi) is 3.61. The number of likely N-dealkylation sites (tertiary alicyclic amines) is 1. The first kappa shape index (κ1) is 16.4. The summed E-state index contributed by atoms with van der Waals surface area (Å²) in [5.41, 5.74) is -0.680. The lowest BCUT2D eigenvalue weighted by atomic mass is 10.0. The van der Waals surface area contributed by atoms with E-state index in [4.69, 9.17) is 4.74 Å². The average Bonchev–Trinajstić information content (AvgIpc) is 3.19. The van der Waals surface area contributed by atoms with Crippen LogP contribution in [0, 0.1) is 17.6 Å². The molecule has 3 atom stereocenters. The van der Waals surface area contributed by atoms with Crippen molar-refractivity contribution < 1.29 is 23.1 Å². The number of carbonyl (C=O) groups is 2. The fourth-order valence-electron chi connectivity index (χ4n) is 4.41. The summed E-state index contributed by atoms with van der Waals surface area (Å²) in [5.74, 6) is -2.19. The van der Waals surface area contributed by atoms with E-state index >= 15 is 0 Å². The largest absolute Gasteiger partial charge is 0.351 e. The molecule has 0 bridgehead atoms. The minimum atomic E-state index is -1.05. The number of amides is 2. The molecule has 0 N–H and O–H groups in total. The molecule has 5 nitrogen and oxygen atoms in total. The second-order valence-corrected chi connectivity index (χ2v) is 7.33. The SMILES string of the molecule is CC(C)[C@@H]1CO[C@@]23CCN(C(=O)c4ccc(F)c(F)c4)[C@@H]2CC(=O)N13. The second-order valence-electron chi connectivity index (χ2n) is 7.33. The zero-order valence-electron chi connectivity index (χ0n) is 14.2. The molecule has 0 saturated carbocycles. The van der Waals surface area contributed by atoms with Crippen LogP contribution in [-0.2, 0) is 9.53 Å². The molecule has 0 unspecified atom stereocenters. The van der Waals surface area contributed by atoms with Gasteiger partial charge < -0.3 is 14.5 Å². The summed E-state index contributed by atoms with van der Waals surface area (Å²) in [6, 6.07) is 2.75. The number of halogens is 2. The topological polar surface area (TPSA) is 49.9 Å². The van der Waals surface area contributed by atoms with Crippen molar-refractivity contribution in [1.29, 1.82) is 0 Å². The van der Waals surface area contributed by atoms with E-state index in [0.29, 0.717) is 19.6 Å². The Morgan fingerprint density at radius 1 is 1.32 bits per heavy atom. The molecular formula is C18H20F2N2O3. The number of hydrogen-bond acceptors (Lipinski definition) is 3. The van der Waals surface area contributed by atoms with Gasteiger partial charge in [0.1, 0.15) is 0 Å². The fourth-order valence-corrected chi connectivity index (χ4v) is 4.41. The van der Waals surface area contributed by atoms with Crippen LogP contribution < -0.4 is 0 Å². The van der Waals surface area contributed by atoms with Gasteiger partial charge in [-0.3, -0.25) is 9.59 Å². The molecule has 0 aromatic heterocycles. The average molecular weight is 350 g/mol. The first-order valence-electron chi connectivity index (χ1n) is 8.57. The van der Waals surface area contributed by atoms with Gasteiger partial charge in [0, 0.05) is 18.5 Å². The molecule has 4 rings (SSSR count). The predicted molar refractivity (Wildman–Crippen MR) is 84.6 cm³/mol. The number of carbonyl (C=O) groups excluding carboxylic acids is 2. The summed E-state index contributed by atoms with van der Waals surface area (Å²) in [4.78, 5) is 28.8. The molecule has 25 heavy (non-hydrogen) atoms. The quantitative estimate of drug-likeness (QED) is 0.821. The van der Waals surface area contributed by atoms with Crippen LogP contribution in [0.1, 0.15) is 37.0 Å². The van der Waals surface area contributed by atoms with Crippen LogP contribution in [0.5, 0.6) is 0 Å². The summed E-state index contributed by atoms with van der Waals surface area (Å²) >= 11 is 0. The highest BCUT2D eigenvalue weighted by Crippen LogP contribution is 2.49. The third kappa shape index (κ3) is 2.21. The Morgan fingerprint density at radius 3 is 2.76 bits per heavy atom. The van der Waals surface area contributed by atoms with Gasteiger partial charge in [0.2, 0.25) is 5.91 Å². The van der Waals surface area contributed by atoms with Crippen molar-refractivity contribution in [3.8, 4) is 0 Å². The lowest BCUT2D eigenvalue weighted by Crippen LogP contribution is -2.51. The monoisotopic (exact) mass is 350 g/mol. The highest BCUT2D eigenvalue weighted by Gasteiger charge is 2.65. The molecule has 0 aliphatic carbocycles. The molecule has 7 heteroatoms. The number of ether oxygens (including phenoxy) is 1. The maximum atomic E-state index is 13.5. The zero-order chi connectivity index (χ0) is 17.9. The lowest BCUT2D eigenvalue weighted by Gasteiger charge is -2.34. The molecule has 3 aliphatic rings. The maximum Gasteiger partial charge on any atom is 0.254 e. The highest BCUT2D eigenvalue weighted by molar-refractivity contribution is 5.96. The van der Waals surface area contributed by atoms with Crippen molar-refractivity contribution in [1.82, 2.24) is 9.80 Å². The van der Waals surface area contributed by atoms with E-state index in [2.05, 4.69) is 0 Å². The van der Waals surface area contributed by atoms with Gasteiger partial charge in [-0.25, -0.2) is 8.78 Å². The standard InChI is InChI=1S/C18H20F2N2O3/c1-10(2)14-9-25-18-5-6-21(15(18)8-16(23)22(14)18)17(24)11-3-4-12(19)13(20)7-11/h3-4,7,10,14-15H,5-6,8-9H2,1-2H3/t14-,15+,18-/m0/s1. The van der Waals surface area contributed by atoms with E-state index in [1.54, 1.807) is 4.90 Å². The zero-order valence-corrected chi connectivity index (χ0v) is 14.2. The van der Waals surface area contributed by atoms with Crippen LogP contribution in [0.3, 0.4) is 0 Å². The van der Waals surface area contributed by atoms with E-state index in [0.717, 1.165) is 12.1 Å². The molecule has 3 heterocycles. The number of rotatable bonds is 2. The van der Waals surface area contributed by atoms with Crippen LogP contribution in [0.15, 0.2) is 18.2 Å². The van der Waals surface area contributed by atoms with Crippen molar-refractivity contribution in [3.05, 3.63) is 35.4 Å². The van der Waals surface area contributed by atoms with Crippen LogP contribution in [0.25, 0.3) is 0 Å². The summed E-state index contributed by atoms with van der Waals surface area (Å²) in [6.45, 7) is 4.99. The number of hydrogen-bond donors (Lipinski definition) is 0. The summed E-state index contributed by atoms with van der Waals surface area (Å²) < 4.78 is 32.7. The van der Waals surface area contributed by atoms with E-state index in [9.17, 15) is 18.4 Å². The molecule has 134 valence electrons. The van der Waals surface area contributed by atoms with Crippen LogP contribution in [-0.4, -0.2) is 52.6 Å². The van der Waals surface area contributed by atoms with Crippen molar-refractivity contribution >= 4 is 11.8 Å². The van der Waals surface area contributed by atoms with E-state index in [1.165, 1.54) is 6.07 Å². The third-order valence-corrected chi connectivity index (χ3v) is 5.68. The van der Waals surface area contributed by atoms with Crippen LogP contribution in [0.4, 0.5) is 8.78 Å². The Bertz CT molecular complexity index is 754. The summed E-state index contributed by atoms with van der Waals surface area (Å²) in [5, 5.41) is 0. The van der Waals surface area contributed by atoms with Gasteiger partial charge in [-0.2, -0.15) is 0 Å². The smallest absolute Gasteiger partial charge is 0.254 e. The number of nitrogens with zero attached hydrogens (tertiary/aromatic N) is 2. The van der Waals surface area contributed by atoms with E-state index in [1.807, 2.05) is 18.7 Å². The second kappa shape index (κ2) is 5.49. The Morgan fingerprint density at radius 2 is 2.08 bits per heavy atom. The van der Waals surface area contributed by atoms with Gasteiger partial charge in [0.15, 0.2) is 17.4 Å². The fraction of sp³-hybridized carbons (Fsp3) is 0.556. The van der Waals surface area contributed by atoms with Crippen molar-refractivity contribution in [3.63, 3.8) is 0 Å². The maximum absolute atomic E-state index is 13.5. The Balaban J connectivity index is 1.64. The van der Waals surface area contributed by atoms with E-state index < -0.39 is 23.3 Å². The van der Waals surface area contributed by atoms with Gasteiger partial charge >= 0.3 is 0 Å². The molecule has 2 amide bonds. The molecule has 3 fully saturated rings. The molecule has 1 aromatic rings. The van der Waals surface area contributed by atoms with Gasteiger partial charge in [-0.05, 0) is 24.1 Å².